The van der Waals surface area contributed by atoms with Crippen LogP contribution in [0.5, 0.6) is 0 Å². The Kier molecular flexibility index (Phi) is 6.27. The normalized spacial score (nSPS) is 10.7. The van der Waals surface area contributed by atoms with Crippen molar-refractivity contribution in [1.29, 1.82) is 0 Å². The molecule has 0 radical (unpaired) electrons. The van der Waals surface area contributed by atoms with Crippen LogP contribution in [0.3, 0.4) is 0 Å². The first-order chi connectivity index (χ1) is 13.5. The Bertz CT molecular complexity index is 993. The van der Waals surface area contributed by atoms with Crippen LogP contribution in [0.25, 0.3) is 10.6 Å². The molecular weight excluding hydrogens is 383 g/mol. The number of hydrogen-bond acceptors (Lipinski definition) is 8. The zero-order valence-electron chi connectivity index (χ0n) is 15.7. The lowest BCUT2D eigenvalue weighted by atomic mass is 10.2. The van der Waals surface area contributed by atoms with Crippen molar-refractivity contribution >= 4 is 28.9 Å². The molecular formula is C19H19FN4O3S. The number of aromatic nitrogens is 3. The molecule has 0 amide bonds. The number of rotatable bonds is 7. The predicted molar refractivity (Wildman–Crippen MR) is 104 cm³/mol. The molecule has 9 heteroatoms. The summed E-state index contributed by atoms with van der Waals surface area (Å²) >= 11 is 1.53. The summed E-state index contributed by atoms with van der Waals surface area (Å²) in [4.78, 5) is 25.9. The van der Waals surface area contributed by atoms with E-state index in [-0.39, 0.29) is 30.4 Å². The molecule has 0 saturated heterocycles. The summed E-state index contributed by atoms with van der Waals surface area (Å²) in [6.45, 7) is 4.12. The monoisotopic (exact) mass is 402 g/mol. The average molecular weight is 402 g/mol. The van der Waals surface area contributed by atoms with E-state index < -0.39 is 11.8 Å². The van der Waals surface area contributed by atoms with Crippen LogP contribution < -0.4 is 5.32 Å². The van der Waals surface area contributed by atoms with Crippen molar-refractivity contribution in [2.24, 2.45) is 0 Å². The van der Waals surface area contributed by atoms with Gasteiger partial charge in [0.1, 0.15) is 6.61 Å². The first kappa shape index (κ1) is 19.8. The molecule has 0 fully saturated rings. The van der Waals surface area contributed by atoms with Crippen molar-refractivity contribution in [3.63, 3.8) is 0 Å². The van der Waals surface area contributed by atoms with Gasteiger partial charge in [0.15, 0.2) is 5.82 Å². The Labute approximate surface area is 165 Å². The molecule has 0 atom stereocenters. The largest absolute Gasteiger partial charge is 0.460 e. The summed E-state index contributed by atoms with van der Waals surface area (Å²) in [6, 6.07) is 6.18. The van der Waals surface area contributed by atoms with E-state index >= 15 is 0 Å². The second-order valence-corrected chi connectivity index (χ2v) is 7.04. The molecule has 146 valence electrons. The van der Waals surface area contributed by atoms with Gasteiger partial charge in [-0.05, 0) is 32.0 Å². The van der Waals surface area contributed by atoms with Gasteiger partial charge in [-0.2, -0.15) is 0 Å². The number of nitrogens with zero attached hydrogens (tertiary/aromatic N) is 3. The molecule has 1 N–H and O–H groups in total. The fraction of sp³-hybridized carbons (Fsp3) is 0.263. The van der Waals surface area contributed by atoms with Gasteiger partial charge in [-0.1, -0.05) is 6.07 Å². The predicted octanol–water partition coefficient (Wildman–Crippen LogP) is 3.90. The van der Waals surface area contributed by atoms with Crippen molar-refractivity contribution in [3.8, 4) is 10.6 Å². The quantitative estimate of drug-likeness (QED) is 0.474. The number of thiazole rings is 1. The van der Waals surface area contributed by atoms with E-state index in [1.54, 1.807) is 18.3 Å². The van der Waals surface area contributed by atoms with Crippen LogP contribution in [0, 0.1) is 19.7 Å². The van der Waals surface area contributed by atoms with E-state index in [1.165, 1.54) is 30.6 Å². The number of anilines is 2. The van der Waals surface area contributed by atoms with Crippen LogP contribution in [-0.4, -0.2) is 41.2 Å². The molecule has 28 heavy (non-hydrogen) atoms. The van der Waals surface area contributed by atoms with Crippen molar-refractivity contribution in [1.82, 2.24) is 15.0 Å². The van der Waals surface area contributed by atoms with Crippen molar-refractivity contribution in [2.75, 3.05) is 25.6 Å². The number of aryl methyl sites for hydroxylation is 2. The van der Waals surface area contributed by atoms with Gasteiger partial charge in [-0.3, -0.25) is 0 Å². The zero-order chi connectivity index (χ0) is 20.1. The zero-order valence-corrected chi connectivity index (χ0v) is 16.5. The third kappa shape index (κ3) is 4.49. The van der Waals surface area contributed by atoms with Crippen LogP contribution >= 0.6 is 11.3 Å². The molecule has 0 aliphatic carbocycles. The molecule has 0 bridgehead atoms. The fourth-order valence-corrected chi connectivity index (χ4v) is 3.41. The highest BCUT2D eigenvalue weighted by atomic mass is 32.1. The number of esters is 1. The van der Waals surface area contributed by atoms with Gasteiger partial charge in [0, 0.05) is 13.3 Å². The minimum Gasteiger partial charge on any atom is -0.460 e. The average Bonchev–Trinajstić information content (AvgIpc) is 3.02. The summed E-state index contributed by atoms with van der Waals surface area (Å²) < 4.78 is 24.5. The molecule has 0 unspecified atom stereocenters. The van der Waals surface area contributed by atoms with Crippen LogP contribution in [0.2, 0.25) is 0 Å². The first-order valence-electron chi connectivity index (χ1n) is 8.48. The Balaban J connectivity index is 1.82. The lowest BCUT2D eigenvalue weighted by molar-refractivity contribution is 0.0383. The topological polar surface area (TPSA) is 86.2 Å². The Morgan fingerprint density at radius 1 is 1.21 bits per heavy atom. The van der Waals surface area contributed by atoms with Crippen molar-refractivity contribution in [2.45, 2.75) is 13.8 Å². The highest BCUT2D eigenvalue weighted by molar-refractivity contribution is 7.15. The van der Waals surface area contributed by atoms with E-state index in [1.807, 2.05) is 13.8 Å². The van der Waals surface area contributed by atoms with Gasteiger partial charge in [-0.15, -0.1) is 11.3 Å². The maximum Gasteiger partial charge on any atom is 0.341 e. The van der Waals surface area contributed by atoms with Gasteiger partial charge in [0.2, 0.25) is 5.95 Å². The maximum atomic E-state index is 14.8. The van der Waals surface area contributed by atoms with E-state index in [0.717, 1.165) is 15.6 Å². The van der Waals surface area contributed by atoms with Crippen LogP contribution in [0.4, 0.5) is 16.0 Å². The number of carbonyl (C=O) groups excluding carboxylic acids is 1. The lowest BCUT2D eigenvalue weighted by Gasteiger charge is -2.10. The second-order valence-electron chi connectivity index (χ2n) is 5.83. The van der Waals surface area contributed by atoms with Crippen LogP contribution in [0.1, 0.15) is 21.1 Å². The SMILES string of the molecule is COCCOC(=O)c1cccc(Nc2nccc(-c3sc(C)nc3C)n2)c1F. The molecule has 2 heterocycles. The third-order valence-corrected chi connectivity index (χ3v) is 4.87. The second kappa shape index (κ2) is 8.85. The summed E-state index contributed by atoms with van der Waals surface area (Å²) in [5, 5.41) is 3.76. The summed E-state index contributed by atoms with van der Waals surface area (Å²) in [6.07, 6.45) is 1.58. The smallest absolute Gasteiger partial charge is 0.341 e. The number of halogens is 1. The minimum atomic E-state index is -0.761. The lowest BCUT2D eigenvalue weighted by Crippen LogP contribution is -2.12. The maximum absolute atomic E-state index is 14.8. The Hall–Kier alpha value is -2.91. The van der Waals surface area contributed by atoms with Gasteiger partial charge in [0.25, 0.3) is 0 Å². The summed E-state index contributed by atoms with van der Waals surface area (Å²) in [7, 11) is 1.49. The van der Waals surface area contributed by atoms with E-state index in [9.17, 15) is 9.18 Å². The standard InChI is InChI=1S/C19H19FN4O3S/c1-11-17(28-12(2)22-11)15-7-8-21-19(24-15)23-14-6-4-5-13(16(14)20)18(25)27-10-9-26-3/h4-8H,9-10H2,1-3H3,(H,21,23,24). The van der Waals surface area contributed by atoms with Gasteiger partial charge in [-0.25, -0.2) is 24.1 Å². The molecule has 7 nitrogen and oxygen atoms in total. The molecule has 3 rings (SSSR count). The Morgan fingerprint density at radius 2 is 2.04 bits per heavy atom. The van der Waals surface area contributed by atoms with Crippen LogP contribution in [-0.2, 0) is 9.47 Å². The molecule has 2 aromatic heterocycles. The number of nitrogens with one attached hydrogen (secondary N) is 1. The number of hydrogen-bond donors (Lipinski definition) is 1. The number of ether oxygens (including phenoxy) is 2. The molecule has 0 saturated carbocycles. The highest BCUT2D eigenvalue weighted by Gasteiger charge is 2.17. The molecule has 0 aliphatic heterocycles. The molecule has 1 aromatic carbocycles. The minimum absolute atomic E-state index is 0.0468. The first-order valence-corrected chi connectivity index (χ1v) is 9.30. The van der Waals surface area contributed by atoms with E-state index in [0.29, 0.717) is 5.69 Å². The van der Waals surface area contributed by atoms with Crippen molar-refractivity contribution < 1.29 is 18.7 Å². The van der Waals surface area contributed by atoms with Gasteiger partial charge >= 0.3 is 5.97 Å². The molecule has 0 spiro atoms. The van der Waals surface area contributed by atoms with Crippen LogP contribution in [0.15, 0.2) is 30.5 Å². The summed E-state index contributed by atoms with van der Waals surface area (Å²) in [5.74, 6) is -1.28. The molecule has 3 aromatic rings. The Morgan fingerprint density at radius 3 is 2.75 bits per heavy atom. The van der Waals surface area contributed by atoms with E-state index in [4.69, 9.17) is 9.47 Å². The highest BCUT2D eigenvalue weighted by Crippen LogP contribution is 2.29. The number of carbonyl (C=O) groups is 1. The number of benzene rings is 1. The fourth-order valence-electron chi connectivity index (χ4n) is 2.52. The van der Waals surface area contributed by atoms with Crippen molar-refractivity contribution in [3.05, 3.63) is 52.5 Å². The van der Waals surface area contributed by atoms with E-state index in [2.05, 4.69) is 20.3 Å². The third-order valence-electron chi connectivity index (χ3n) is 3.78. The van der Waals surface area contributed by atoms with Gasteiger partial charge < -0.3 is 14.8 Å². The van der Waals surface area contributed by atoms with Gasteiger partial charge in [0.05, 0.1) is 39.1 Å². The molecule has 0 aliphatic rings. The summed E-state index contributed by atoms with van der Waals surface area (Å²) in [5.41, 5.74) is 1.47. The number of methoxy groups -OCH3 is 1.